The minimum Gasteiger partial charge on any atom is -0.508 e. The number of halogens is 1. The maximum Gasteiger partial charge on any atom is 0.261 e. The average molecular weight is 281 g/mol. The minimum atomic E-state index is -3.87. The number of sulfonamides is 1. The molecule has 0 atom stereocenters. The van der Waals surface area contributed by atoms with Crippen LogP contribution in [-0.2, 0) is 10.0 Å². The van der Waals surface area contributed by atoms with Gasteiger partial charge in [0.2, 0.25) is 0 Å². The third-order valence-electron chi connectivity index (χ3n) is 2.51. The molecule has 0 amide bonds. The number of benzene rings is 2. The molecule has 4 nitrogen and oxygen atoms in total. The molecule has 19 heavy (non-hydrogen) atoms. The summed E-state index contributed by atoms with van der Waals surface area (Å²) in [4.78, 5) is -0.0498. The molecular weight excluding hydrogens is 269 g/mol. The van der Waals surface area contributed by atoms with Crippen LogP contribution >= 0.6 is 0 Å². The van der Waals surface area contributed by atoms with E-state index >= 15 is 0 Å². The summed E-state index contributed by atoms with van der Waals surface area (Å²) in [6.45, 7) is 1.73. The lowest BCUT2D eigenvalue weighted by molar-refractivity contribution is 0.475. The van der Waals surface area contributed by atoms with Gasteiger partial charge in [0, 0.05) is 0 Å². The summed E-state index contributed by atoms with van der Waals surface area (Å²) in [6.07, 6.45) is 0. The van der Waals surface area contributed by atoms with E-state index in [1.54, 1.807) is 13.0 Å². The first-order chi connectivity index (χ1) is 8.88. The van der Waals surface area contributed by atoms with Crippen molar-refractivity contribution in [3.63, 3.8) is 0 Å². The minimum absolute atomic E-state index is 0.0410. The Hall–Kier alpha value is -2.08. The van der Waals surface area contributed by atoms with E-state index in [2.05, 4.69) is 4.72 Å². The largest absolute Gasteiger partial charge is 0.508 e. The predicted molar refractivity (Wildman–Crippen MR) is 70.1 cm³/mol. The van der Waals surface area contributed by atoms with E-state index in [1.165, 1.54) is 36.4 Å². The molecule has 0 fully saturated rings. The summed E-state index contributed by atoms with van der Waals surface area (Å²) in [5.74, 6) is -0.686. The molecule has 2 aromatic carbocycles. The highest BCUT2D eigenvalue weighted by molar-refractivity contribution is 7.92. The van der Waals surface area contributed by atoms with Crippen molar-refractivity contribution in [2.24, 2.45) is 0 Å². The monoisotopic (exact) mass is 281 g/mol. The molecule has 100 valence electrons. The number of aryl methyl sites for hydroxylation is 1. The molecule has 6 heteroatoms. The SMILES string of the molecule is Cc1ccc(F)c(NS(=O)(=O)c2ccc(O)cc2)c1. The molecule has 0 radical (unpaired) electrons. The number of hydrogen-bond acceptors (Lipinski definition) is 3. The van der Waals surface area contributed by atoms with Gasteiger partial charge < -0.3 is 5.11 Å². The first-order valence-corrected chi connectivity index (χ1v) is 6.95. The number of aromatic hydroxyl groups is 1. The van der Waals surface area contributed by atoms with Gasteiger partial charge in [-0.15, -0.1) is 0 Å². The van der Waals surface area contributed by atoms with Gasteiger partial charge in [-0.3, -0.25) is 4.72 Å². The van der Waals surface area contributed by atoms with E-state index in [-0.39, 0.29) is 16.3 Å². The molecule has 0 aliphatic carbocycles. The highest BCUT2D eigenvalue weighted by atomic mass is 32.2. The van der Waals surface area contributed by atoms with Crippen LogP contribution in [0.25, 0.3) is 0 Å². The average Bonchev–Trinajstić information content (AvgIpc) is 2.34. The number of hydrogen-bond donors (Lipinski definition) is 2. The lowest BCUT2D eigenvalue weighted by atomic mass is 10.2. The molecule has 0 saturated carbocycles. The lowest BCUT2D eigenvalue weighted by Crippen LogP contribution is -2.13. The summed E-state index contributed by atoms with van der Waals surface area (Å²) in [6, 6.07) is 9.14. The number of rotatable bonds is 3. The van der Waals surface area contributed by atoms with Crippen LogP contribution in [0.4, 0.5) is 10.1 Å². The second-order valence-electron chi connectivity index (χ2n) is 4.08. The van der Waals surface area contributed by atoms with Crippen molar-refractivity contribution in [3.05, 3.63) is 53.8 Å². The van der Waals surface area contributed by atoms with E-state index in [0.29, 0.717) is 0 Å². The molecule has 0 unspecified atom stereocenters. The van der Waals surface area contributed by atoms with Crippen LogP contribution in [0.15, 0.2) is 47.4 Å². The quantitative estimate of drug-likeness (QED) is 0.909. The molecule has 2 rings (SSSR count). The fourth-order valence-electron chi connectivity index (χ4n) is 1.55. The third kappa shape index (κ3) is 3.03. The standard InChI is InChI=1S/C13H12FNO3S/c1-9-2-7-12(14)13(8-9)15-19(17,18)11-5-3-10(16)4-6-11/h2-8,15-16H,1H3. The van der Waals surface area contributed by atoms with Gasteiger partial charge >= 0.3 is 0 Å². The fraction of sp³-hybridized carbons (Fsp3) is 0.0769. The number of phenols is 1. The van der Waals surface area contributed by atoms with E-state index in [0.717, 1.165) is 5.56 Å². The van der Waals surface area contributed by atoms with Gasteiger partial charge in [-0.25, -0.2) is 12.8 Å². The van der Waals surface area contributed by atoms with Gasteiger partial charge in [0.05, 0.1) is 10.6 Å². The van der Waals surface area contributed by atoms with Crippen molar-refractivity contribution in [3.8, 4) is 5.75 Å². The van der Waals surface area contributed by atoms with Crippen molar-refractivity contribution < 1.29 is 17.9 Å². The molecule has 0 aliphatic heterocycles. The van der Waals surface area contributed by atoms with Crippen molar-refractivity contribution in [2.45, 2.75) is 11.8 Å². The van der Waals surface area contributed by atoms with Gasteiger partial charge in [-0.2, -0.15) is 0 Å². The Balaban J connectivity index is 2.36. The number of nitrogens with one attached hydrogen (secondary N) is 1. The Morgan fingerprint density at radius 1 is 1.11 bits per heavy atom. The molecular formula is C13H12FNO3S. The first-order valence-electron chi connectivity index (χ1n) is 5.46. The summed E-state index contributed by atoms with van der Waals surface area (Å²) in [5.41, 5.74) is 0.637. The zero-order valence-electron chi connectivity index (χ0n) is 10.1. The fourth-order valence-corrected chi connectivity index (χ4v) is 2.60. The van der Waals surface area contributed by atoms with Gasteiger partial charge in [0.25, 0.3) is 10.0 Å². The lowest BCUT2D eigenvalue weighted by Gasteiger charge is -2.09. The third-order valence-corrected chi connectivity index (χ3v) is 3.89. The van der Waals surface area contributed by atoms with Gasteiger partial charge in [-0.05, 0) is 48.9 Å². The molecule has 0 aliphatic rings. The summed E-state index contributed by atoms with van der Waals surface area (Å²) in [5, 5.41) is 9.12. The summed E-state index contributed by atoms with van der Waals surface area (Å²) in [7, 11) is -3.87. The highest BCUT2D eigenvalue weighted by Gasteiger charge is 2.16. The summed E-state index contributed by atoms with van der Waals surface area (Å²) < 4.78 is 39.7. The van der Waals surface area contributed by atoms with Crippen molar-refractivity contribution >= 4 is 15.7 Å². The van der Waals surface area contributed by atoms with Crippen LogP contribution in [0.3, 0.4) is 0 Å². The Kier molecular flexibility index (Phi) is 3.44. The van der Waals surface area contributed by atoms with Gasteiger partial charge in [0.1, 0.15) is 11.6 Å². The summed E-state index contributed by atoms with van der Waals surface area (Å²) >= 11 is 0. The highest BCUT2D eigenvalue weighted by Crippen LogP contribution is 2.21. The number of anilines is 1. The predicted octanol–water partition coefficient (Wildman–Crippen LogP) is 2.64. The van der Waals surface area contributed by atoms with Crippen molar-refractivity contribution in [1.29, 1.82) is 0 Å². The zero-order valence-corrected chi connectivity index (χ0v) is 10.9. The van der Waals surface area contributed by atoms with Gasteiger partial charge in [-0.1, -0.05) is 6.07 Å². The molecule has 0 bridgehead atoms. The Labute approximate surface area is 110 Å². The van der Waals surface area contributed by atoms with E-state index in [9.17, 15) is 12.8 Å². The maximum absolute atomic E-state index is 13.5. The van der Waals surface area contributed by atoms with Crippen molar-refractivity contribution in [1.82, 2.24) is 0 Å². The van der Waals surface area contributed by atoms with Crippen molar-refractivity contribution in [2.75, 3.05) is 4.72 Å². The Morgan fingerprint density at radius 2 is 1.74 bits per heavy atom. The van der Waals surface area contributed by atoms with Crippen LogP contribution in [-0.4, -0.2) is 13.5 Å². The molecule has 0 saturated heterocycles. The molecule has 0 heterocycles. The topological polar surface area (TPSA) is 66.4 Å². The smallest absolute Gasteiger partial charge is 0.261 e. The normalized spacial score (nSPS) is 11.3. The first kappa shape index (κ1) is 13.4. The molecule has 2 N–H and O–H groups in total. The van der Waals surface area contributed by atoms with E-state index in [1.807, 2.05) is 0 Å². The van der Waals surface area contributed by atoms with E-state index < -0.39 is 15.8 Å². The molecule has 0 spiro atoms. The van der Waals surface area contributed by atoms with Crippen LogP contribution in [0.5, 0.6) is 5.75 Å². The molecule has 0 aromatic heterocycles. The maximum atomic E-state index is 13.5. The number of phenolic OH excluding ortho intramolecular Hbond substituents is 1. The van der Waals surface area contributed by atoms with Crippen LogP contribution in [0.2, 0.25) is 0 Å². The van der Waals surface area contributed by atoms with Crippen LogP contribution < -0.4 is 4.72 Å². The van der Waals surface area contributed by atoms with E-state index in [4.69, 9.17) is 5.11 Å². The van der Waals surface area contributed by atoms with Gasteiger partial charge in [0.15, 0.2) is 0 Å². The second kappa shape index (κ2) is 4.89. The van der Waals surface area contributed by atoms with Crippen LogP contribution in [0, 0.1) is 12.7 Å². The second-order valence-corrected chi connectivity index (χ2v) is 5.77. The Morgan fingerprint density at radius 3 is 2.37 bits per heavy atom. The zero-order chi connectivity index (χ0) is 14.0. The Bertz CT molecular complexity index is 696. The molecule has 2 aromatic rings. The van der Waals surface area contributed by atoms with Crippen LogP contribution in [0.1, 0.15) is 5.56 Å².